The van der Waals surface area contributed by atoms with Gasteiger partial charge in [-0.15, -0.1) is 0 Å². The maximum Gasteiger partial charge on any atom is 0.126 e. The van der Waals surface area contributed by atoms with Crippen LogP contribution in [0.15, 0.2) is 18.2 Å². The molecule has 0 aromatic heterocycles. The molecule has 0 heterocycles. The van der Waals surface area contributed by atoms with Crippen LogP contribution in [0.1, 0.15) is 17.2 Å². The van der Waals surface area contributed by atoms with Crippen molar-refractivity contribution in [2.75, 3.05) is 0 Å². The zero-order valence-electron chi connectivity index (χ0n) is 6.71. The minimum atomic E-state index is -0.663. The first kappa shape index (κ1) is 8.69. The molecule has 1 aromatic rings. The smallest absolute Gasteiger partial charge is 0.126 e. The van der Waals surface area contributed by atoms with Crippen LogP contribution < -0.4 is 5.73 Å². The summed E-state index contributed by atoms with van der Waals surface area (Å²) in [6, 6.07) is 5.65. The zero-order chi connectivity index (χ0) is 9.14. The van der Waals surface area contributed by atoms with Crippen LogP contribution in [0, 0.1) is 24.1 Å². The molecule has 1 atom stereocenters. The van der Waals surface area contributed by atoms with Gasteiger partial charge in [-0.2, -0.15) is 5.26 Å². The largest absolute Gasteiger partial charge is 0.312 e. The Hall–Kier alpha value is -1.40. The third kappa shape index (κ3) is 1.60. The fraction of sp³-hybridized carbons (Fsp3) is 0.222. The molecule has 3 heteroatoms. The second-order valence-corrected chi connectivity index (χ2v) is 2.62. The van der Waals surface area contributed by atoms with Crippen molar-refractivity contribution in [1.82, 2.24) is 0 Å². The molecule has 0 bridgehead atoms. The van der Waals surface area contributed by atoms with Gasteiger partial charge < -0.3 is 5.73 Å². The Morgan fingerprint density at radius 2 is 2.25 bits per heavy atom. The topological polar surface area (TPSA) is 49.8 Å². The molecule has 0 saturated heterocycles. The molecule has 0 spiro atoms. The molecule has 0 aliphatic rings. The molecule has 2 N–H and O–H groups in total. The third-order valence-corrected chi connectivity index (χ3v) is 1.68. The molecule has 2 nitrogen and oxygen atoms in total. The summed E-state index contributed by atoms with van der Waals surface area (Å²) >= 11 is 0. The highest BCUT2D eigenvalue weighted by atomic mass is 19.1. The fourth-order valence-corrected chi connectivity index (χ4v) is 0.936. The number of nitriles is 1. The summed E-state index contributed by atoms with van der Waals surface area (Å²) in [5.41, 5.74) is 6.59. The van der Waals surface area contributed by atoms with Gasteiger partial charge in [0.25, 0.3) is 0 Å². The minimum Gasteiger partial charge on any atom is -0.312 e. The van der Waals surface area contributed by atoms with Gasteiger partial charge in [0.1, 0.15) is 11.9 Å². The van der Waals surface area contributed by atoms with Crippen LogP contribution in [0.3, 0.4) is 0 Å². The molecule has 12 heavy (non-hydrogen) atoms. The summed E-state index contributed by atoms with van der Waals surface area (Å²) in [7, 11) is 0. The van der Waals surface area contributed by atoms with Crippen molar-refractivity contribution < 1.29 is 4.39 Å². The van der Waals surface area contributed by atoms with Crippen molar-refractivity contribution >= 4 is 0 Å². The Balaban J connectivity index is 3.06. The summed E-state index contributed by atoms with van der Waals surface area (Å²) in [5.74, 6) is -0.274. The molecule has 0 fully saturated rings. The minimum absolute atomic E-state index is 0.274. The van der Waals surface area contributed by atoms with Crippen LogP contribution in [0.2, 0.25) is 0 Å². The Labute approximate surface area is 70.4 Å². The Kier molecular flexibility index (Phi) is 2.41. The number of benzene rings is 1. The van der Waals surface area contributed by atoms with Crippen molar-refractivity contribution in [3.63, 3.8) is 0 Å². The van der Waals surface area contributed by atoms with E-state index in [-0.39, 0.29) is 5.82 Å². The van der Waals surface area contributed by atoms with E-state index < -0.39 is 6.04 Å². The summed E-state index contributed by atoms with van der Waals surface area (Å²) < 4.78 is 12.7. The Morgan fingerprint density at radius 1 is 1.58 bits per heavy atom. The number of hydrogen-bond acceptors (Lipinski definition) is 2. The molecule has 1 aromatic carbocycles. The van der Waals surface area contributed by atoms with Crippen LogP contribution in [0.5, 0.6) is 0 Å². The van der Waals surface area contributed by atoms with Gasteiger partial charge in [0.2, 0.25) is 0 Å². The maximum atomic E-state index is 12.7. The van der Waals surface area contributed by atoms with Crippen molar-refractivity contribution in [3.8, 4) is 6.07 Å². The predicted octanol–water partition coefficient (Wildman–Crippen LogP) is 1.66. The van der Waals surface area contributed by atoms with Crippen molar-refractivity contribution in [1.29, 1.82) is 5.26 Å². The van der Waals surface area contributed by atoms with Gasteiger partial charge in [-0.3, -0.25) is 0 Å². The van der Waals surface area contributed by atoms with Gasteiger partial charge in [0, 0.05) is 0 Å². The van der Waals surface area contributed by atoms with E-state index in [9.17, 15) is 4.39 Å². The van der Waals surface area contributed by atoms with E-state index >= 15 is 0 Å². The number of nitrogens with two attached hydrogens (primary N) is 1. The Bertz CT molecular complexity index is 328. The van der Waals surface area contributed by atoms with Crippen LogP contribution in [0.25, 0.3) is 0 Å². The van der Waals surface area contributed by atoms with Gasteiger partial charge in [0.15, 0.2) is 0 Å². The van der Waals surface area contributed by atoms with Gasteiger partial charge in [0.05, 0.1) is 6.07 Å². The van der Waals surface area contributed by atoms with E-state index in [2.05, 4.69) is 0 Å². The predicted molar refractivity (Wildman–Crippen MR) is 43.7 cm³/mol. The summed E-state index contributed by atoms with van der Waals surface area (Å²) in [6.45, 7) is 1.64. The highest BCUT2D eigenvalue weighted by Crippen LogP contribution is 2.13. The van der Waals surface area contributed by atoms with Crippen LogP contribution >= 0.6 is 0 Å². The first-order valence-electron chi connectivity index (χ1n) is 3.56. The standard InChI is InChI=1S/C9H9FN2/c1-6-4-7(9(12)5-11)2-3-8(6)10/h2-4,9H,12H2,1H3. The lowest BCUT2D eigenvalue weighted by Gasteiger charge is -2.03. The first-order chi connectivity index (χ1) is 5.65. The quantitative estimate of drug-likeness (QED) is 0.686. The summed E-state index contributed by atoms with van der Waals surface area (Å²) in [4.78, 5) is 0. The highest BCUT2D eigenvalue weighted by Gasteiger charge is 2.05. The molecule has 62 valence electrons. The molecule has 1 unspecified atom stereocenters. The molecule has 0 aliphatic carbocycles. The molecular weight excluding hydrogens is 155 g/mol. The summed E-state index contributed by atoms with van der Waals surface area (Å²) in [5, 5.41) is 8.48. The van der Waals surface area contributed by atoms with Crippen LogP contribution in [-0.4, -0.2) is 0 Å². The van der Waals surface area contributed by atoms with E-state index in [1.165, 1.54) is 12.1 Å². The zero-order valence-corrected chi connectivity index (χ0v) is 6.71. The second-order valence-electron chi connectivity index (χ2n) is 2.62. The highest BCUT2D eigenvalue weighted by molar-refractivity contribution is 5.29. The average molecular weight is 164 g/mol. The molecule has 0 amide bonds. The third-order valence-electron chi connectivity index (χ3n) is 1.68. The van der Waals surface area contributed by atoms with Gasteiger partial charge in [-0.1, -0.05) is 12.1 Å². The van der Waals surface area contributed by atoms with E-state index in [0.717, 1.165) is 0 Å². The van der Waals surface area contributed by atoms with E-state index in [4.69, 9.17) is 11.0 Å². The molecule has 1 rings (SSSR count). The number of aryl methyl sites for hydroxylation is 1. The van der Waals surface area contributed by atoms with Crippen LogP contribution in [0.4, 0.5) is 4.39 Å². The van der Waals surface area contributed by atoms with Gasteiger partial charge in [-0.25, -0.2) is 4.39 Å². The van der Waals surface area contributed by atoms with Crippen molar-refractivity contribution in [2.24, 2.45) is 5.73 Å². The summed E-state index contributed by atoms with van der Waals surface area (Å²) in [6.07, 6.45) is 0. The van der Waals surface area contributed by atoms with E-state index in [1.54, 1.807) is 13.0 Å². The fourth-order valence-electron chi connectivity index (χ4n) is 0.936. The monoisotopic (exact) mass is 164 g/mol. The molecule has 0 radical (unpaired) electrons. The van der Waals surface area contributed by atoms with Crippen molar-refractivity contribution in [2.45, 2.75) is 13.0 Å². The SMILES string of the molecule is Cc1cc(C(N)C#N)ccc1F. The molecule has 0 aliphatic heterocycles. The molecular formula is C9H9FN2. The lowest BCUT2D eigenvalue weighted by Crippen LogP contribution is -2.07. The number of halogens is 1. The average Bonchev–Trinajstić information content (AvgIpc) is 2.08. The maximum absolute atomic E-state index is 12.7. The number of nitrogens with zero attached hydrogens (tertiary/aromatic N) is 1. The van der Waals surface area contributed by atoms with E-state index in [1.807, 2.05) is 6.07 Å². The lowest BCUT2D eigenvalue weighted by molar-refractivity contribution is 0.617. The second kappa shape index (κ2) is 3.33. The number of hydrogen-bond donors (Lipinski definition) is 1. The van der Waals surface area contributed by atoms with E-state index in [0.29, 0.717) is 11.1 Å². The normalized spacial score (nSPS) is 12.2. The van der Waals surface area contributed by atoms with Crippen molar-refractivity contribution in [3.05, 3.63) is 35.1 Å². The molecule has 0 saturated carbocycles. The Morgan fingerprint density at radius 3 is 2.75 bits per heavy atom. The lowest BCUT2D eigenvalue weighted by atomic mass is 10.1. The van der Waals surface area contributed by atoms with Crippen LogP contribution in [-0.2, 0) is 0 Å². The number of rotatable bonds is 1. The first-order valence-corrected chi connectivity index (χ1v) is 3.56. The van der Waals surface area contributed by atoms with Gasteiger partial charge in [-0.05, 0) is 24.1 Å². The van der Waals surface area contributed by atoms with Gasteiger partial charge >= 0.3 is 0 Å².